The molecule has 2 unspecified atom stereocenters. The summed E-state index contributed by atoms with van der Waals surface area (Å²) < 4.78 is 12.5. The highest BCUT2D eigenvalue weighted by Crippen LogP contribution is 2.39. The lowest BCUT2D eigenvalue weighted by Gasteiger charge is -2.47. The van der Waals surface area contributed by atoms with Gasteiger partial charge in [-0.25, -0.2) is 0 Å². The van der Waals surface area contributed by atoms with Crippen LogP contribution in [0.1, 0.15) is 47.9 Å². The van der Waals surface area contributed by atoms with Gasteiger partial charge in [0.05, 0.1) is 6.61 Å². The van der Waals surface area contributed by atoms with Crippen LogP contribution in [0, 0.1) is 0 Å². The number of piperidine rings is 1. The van der Waals surface area contributed by atoms with Crippen LogP contribution in [-0.2, 0) is 29.7 Å². The number of ether oxygens (including phenoxy) is 2. The maximum atomic E-state index is 6.46. The Morgan fingerprint density at radius 3 is 2.50 bits per heavy atom. The van der Waals surface area contributed by atoms with Crippen LogP contribution in [-0.4, -0.2) is 44.3 Å². The first-order valence-corrected chi connectivity index (χ1v) is 13.6. The monoisotopic (exact) mass is 484 g/mol. The number of nitrogens with zero attached hydrogens (tertiary/aromatic N) is 1. The summed E-state index contributed by atoms with van der Waals surface area (Å²) in [6.07, 6.45) is 7.84. The van der Waals surface area contributed by atoms with Crippen LogP contribution in [0.5, 0.6) is 5.75 Å². The van der Waals surface area contributed by atoms with E-state index in [9.17, 15) is 0 Å². The number of methoxy groups -OCH3 is 1. The highest BCUT2D eigenvalue weighted by Gasteiger charge is 2.42. The van der Waals surface area contributed by atoms with Crippen molar-refractivity contribution in [1.82, 2.24) is 10.2 Å². The van der Waals surface area contributed by atoms with Crippen molar-refractivity contribution in [2.45, 2.75) is 56.7 Å². The van der Waals surface area contributed by atoms with Crippen molar-refractivity contribution in [3.8, 4) is 5.75 Å². The first-order chi connectivity index (χ1) is 17.8. The van der Waals surface area contributed by atoms with E-state index in [0.29, 0.717) is 6.04 Å². The zero-order chi connectivity index (χ0) is 24.6. The quantitative estimate of drug-likeness (QED) is 0.398. The Balaban J connectivity index is 1.29. The molecule has 0 amide bonds. The third kappa shape index (κ3) is 5.83. The maximum Gasteiger partial charge on any atom is 0.151 e. The molecule has 1 saturated heterocycles. The highest BCUT2D eigenvalue weighted by molar-refractivity contribution is 5.38. The van der Waals surface area contributed by atoms with Crippen molar-refractivity contribution in [3.63, 3.8) is 0 Å². The topological polar surface area (TPSA) is 33.7 Å². The second kappa shape index (κ2) is 12.1. The predicted octanol–water partition coefficient (Wildman–Crippen LogP) is 5.74. The molecule has 3 aromatic carbocycles. The van der Waals surface area contributed by atoms with Crippen molar-refractivity contribution in [2.75, 3.05) is 33.4 Å². The van der Waals surface area contributed by atoms with Gasteiger partial charge >= 0.3 is 0 Å². The van der Waals surface area contributed by atoms with E-state index in [2.05, 4.69) is 89.1 Å². The van der Waals surface area contributed by atoms with Gasteiger partial charge in [0.1, 0.15) is 5.75 Å². The number of nitrogens with one attached hydrogen (secondary N) is 1. The highest BCUT2D eigenvalue weighted by atomic mass is 16.5. The van der Waals surface area contributed by atoms with Gasteiger partial charge in [-0.3, -0.25) is 4.90 Å². The van der Waals surface area contributed by atoms with Crippen LogP contribution >= 0.6 is 0 Å². The molecule has 5 rings (SSSR count). The van der Waals surface area contributed by atoms with E-state index in [4.69, 9.17) is 9.47 Å². The van der Waals surface area contributed by atoms with Crippen LogP contribution in [0.15, 0.2) is 78.9 Å². The molecule has 1 fully saturated rings. The molecular weight excluding hydrogens is 444 g/mol. The zero-order valence-electron chi connectivity index (χ0n) is 21.6. The Bertz CT molecular complexity index is 1080. The minimum atomic E-state index is -0.474. The molecular formula is C32H40N2O2. The average Bonchev–Trinajstić information content (AvgIpc) is 2.94. The number of hydrogen-bond acceptors (Lipinski definition) is 4. The SMILES string of the molecule is COC1(Cc2ccc(OCCC3CCCCN3)cc2)c2ccccc2CCN1CCc1ccccc1. The summed E-state index contributed by atoms with van der Waals surface area (Å²) in [5.41, 5.74) is 4.85. The summed E-state index contributed by atoms with van der Waals surface area (Å²) in [6.45, 7) is 3.86. The van der Waals surface area contributed by atoms with Crippen molar-refractivity contribution >= 4 is 0 Å². The molecule has 190 valence electrons. The Kier molecular flexibility index (Phi) is 8.37. The molecule has 0 radical (unpaired) electrons. The number of benzene rings is 3. The lowest BCUT2D eigenvalue weighted by atomic mass is 9.84. The van der Waals surface area contributed by atoms with Crippen LogP contribution in [0.2, 0.25) is 0 Å². The standard InChI is InChI=1S/C32H40N2O2/c1-35-32(25-27-14-16-30(17-15-27)36-24-20-29-12-7-8-21-33-29)31-13-6-5-11-28(31)19-23-34(32)22-18-26-9-3-2-4-10-26/h2-6,9-11,13-17,29,33H,7-8,12,18-25H2,1H3. The Hall–Kier alpha value is -2.66. The van der Waals surface area contributed by atoms with Gasteiger partial charge in [-0.2, -0.15) is 0 Å². The van der Waals surface area contributed by atoms with Crippen molar-refractivity contribution in [3.05, 3.63) is 101 Å². The van der Waals surface area contributed by atoms with E-state index >= 15 is 0 Å². The summed E-state index contributed by atoms with van der Waals surface area (Å²) >= 11 is 0. The fourth-order valence-electron chi connectivity index (χ4n) is 5.91. The van der Waals surface area contributed by atoms with Gasteiger partial charge in [0, 0.05) is 38.2 Å². The zero-order valence-corrected chi connectivity index (χ0v) is 21.6. The molecule has 3 aromatic rings. The van der Waals surface area contributed by atoms with E-state index in [0.717, 1.165) is 57.7 Å². The molecule has 0 aromatic heterocycles. The summed E-state index contributed by atoms with van der Waals surface area (Å²) in [4.78, 5) is 2.55. The van der Waals surface area contributed by atoms with E-state index < -0.39 is 5.72 Å². The molecule has 1 N–H and O–H groups in total. The average molecular weight is 485 g/mol. The molecule has 0 bridgehead atoms. The molecule has 2 aliphatic rings. The van der Waals surface area contributed by atoms with Crippen LogP contribution in [0.3, 0.4) is 0 Å². The second-order valence-electron chi connectivity index (χ2n) is 10.2. The van der Waals surface area contributed by atoms with E-state index in [-0.39, 0.29) is 0 Å². The van der Waals surface area contributed by atoms with Crippen LogP contribution in [0.25, 0.3) is 0 Å². The summed E-state index contributed by atoms with van der Waals surface area (Å²) in [5, 5.41) is 3.60. The smallest absolute Gasteiger partial charge is 0.151 e. The first-order valence-electron chi connectivity index (χ1n) is 13.6. The molecule has 0 saturated carbocycles. The van der Waals surface area contributed by atoms with Crippen LogP contribution < -0.4 is 10.1 Å². The minimum absolute atomic E-state index is 0.474. The Morgan fingerprint density at radius 2 is 1.72 bits per heavy atom. The fourth-order valence-corrected chi connectivity index (χ4v) is 5.91. The largest absolute Gasteiger partial charge is 0.494 e. The predicted molar refractivity (Wildman–Crippen MR) is 146 cm³/mol. The van der Waals surface area contributed by atoms with Crippen molar-refractivity contribution < 1.29 is 9.47 Å². The van der Waals surface area contributed by atoms with Gasteiger partial charge in [0.25, 0.3) is 0 Å². The molecule has 2 heterocycles. The third-order valence-corrected chi connectivity index (χ3v) is 7.97. The number of hydrogen-bond donors (Lipinski definition) is 1. The molecule has 2 atom stereocenters. The molecule has 2 aliphatic heterocycles. The summed E-state index contributed by atoms with van der Waals surface area (Å²) in [7, 11) is 1.87. The summed E-state index contributed by atoms with van der Waals surface area (Å²) in [6, 6.07) is 28.8. The number of fused-ring (bicyclic) bond motifs is 1. The van der Waals surface area contributed by atoms with Gasteiger partial charge in [-0.15, -0.1) is 0 Å². The molecule has 36 heavy (non-hydrogen) atoms. The Labute approximate surface area is 216 Å². The van der Waals surface area contributed by atoms with Gasteiger partial charge in [0.2, 0.25) is 0 Å². The fraction of sp³-hybridized carbons (Fsp3) is 0.438. The first kappa shape index (κ1) is 25.0. The number of rotatable bonds is 10. The van der Waals surface area contributed by atoms with E-state index in [1.807, 2.05) is 7.11 Å². The normalized spacial score (nSPS) is 22.2. The molecule has 4 nitrogen and oxygen atoms in total. The van der Waals surface area contributed by atoms with E-state index in [1.165, 1.54) is 41.5 Å². The molecule has 4 heteroatoms. The van der Waals surface area contributed by atoms with E-state index in [1.54, 1.807) is 0 Å². The molecule has 0 spiro atoms. The van der Waals surface area contributed by atoms with Crippen molar-refractivity contribution in [2.24, 2.45) is 0 Å². The second-order valence-corrected chi connectivity index (χ2v) is 10.2. The van der Waals surface area contributed by atoms with Crippen molar-refractivity contribution in [1.29, 1.82) is 0 Å². The third-order valence-electron chi connectivity index (χ3n) is 7.97. The van der Waals surface area contributed by atoms with Crippen LogP contribution in [0.4, 0.5) is 0 Å². The summed E-state index contributed by atoms with van der Waals surface area (Å²) in [5.74, 6) is 0.950. The molecule has 0 aliphatic carbocycles. The minimum Gasteiger partial charge on any atom is -0.494 e. The van der Waals surface area contributed by atoms with Gasteiger partial charge in [-0.05, 0) is 67.5 Å². The van der Waals surface area contributed by atoms with Gasteiger partial charge in [-0.1, -0.05) is 73.2 Å². The Morgan fingerprint density at radius 1 is 0.917 bits per heavy atom. The lowest BCUT2D eigenvalue weighted by Crippen LogP contribution is -2.54. The maximum absolute atomic E-state index is 6.46. The lowest BCUT2D eigenvalue weighted by molar-refractivity contribution is -0.150. The van der Waals surface area contributed by atoms with Gasteiger partial charge in [0.15, 0.2) is 5.72 Å². The van der Waals surface area contributed by atoms with Gasteiger partial charge < -0.3 is 14.8 Å².